The second-order valence-electron chi connectivity index (χ2n) is 8.98. The zero-order valence-electron chi connectivity index (χ0n) is 20.6. The van der Waals surface area contributed by atoms with Crippen LogP contribution in [0, 0.1) is 5.82 Å². The normalized spacial score (nSPS) is 13.6. The highest BCUT2D eigenvalue weighted by Crippen LogP contribution is 2.16. The number of nitrogens with zero attached hydrogens (tertiary/aromatic N) is 2. The number of amides is 3. The number of imidazole rings is 1. The number of benzene rings is 2. The van der Waals surface area contributed by atoms with Crippen LogP contribution in [0.4, 0.5) is 15.8 Å². The monoisotopic (exact) mass is 506 g/mol. The number of halogens is 1. The molecular weight excluding hydrogens is 475 g/mol. The van der Waals surface area contributed by atoms with E-state index in [0.717, 1.165) is 32.5 Å². The molecule has 37 heavy (non-hydrogen) atoms. The fraction of sp³-hybridized carbons (Fsp3) is 0.333. The van der Waals surface area contributed by atoms with Crippen LogP contribution in [-0.4, -0.2) is 58.8 Å². The number of H-pyrrole nitrogens is 1. The van der Waals surface area contributed by atoms with Crippen LogP contribution in [0.25, 0.3) is 0 Å². The van der Waals surface area contributed by atoms with Crippen LogP contribution in [-0.2, 0) is 0 Å². The highest BCUT2D eigenvalue weighted by molar-refractivity contribution is 6.10. The molecule has 0 radical (unpaired) electrons. The third kappa shape index (κ3) is 7.47. The Balaban J connectivity index is 1.24. The molecule has 0 atom stereocenters. The standard InChI is InChI=1S/C27H31FN6O3/c28-20-8-6-19(7-9-20)25(35)32-21-10-12-22(13-11-21)33-27(37)24-23(30-18-31-24)26(36)29-14-2-5-17-34-15-3-1-4-16-34/h6-13,18H,1-5,14-17H2,(H,29,36)(H,30,31)(H,32,35)(H,33,37). The van der Waals surface area contributed by atoms with E-state index in [9.17, 15) is 18.8 Å². The molecule has 2 aromatic carbocycles. The Hall–Kier alpha value is -4.05. The van der Waals surface area contributed by atoms with Gasteiger partial charge in [-0.25, -0.2) is 9.37 Å². The van der Waals surface area contributed by atoms with E-state index >= 15 is 0 Å². The molecule has 0 unspecified atom stereocenters. The average molecular weight is 507 g/mol. The Labute approximate surface area is 214 Å². The molecule has 10 heteroatoms. The Morgan fingerprint density at radius 3 is 2.16 bits per heavy atom. The van der Waals surface area contributed by atoms with Gasteiger partial charge in [0.25, 0.3) is 17.7 Å². The number of nitrogens with one attached hydrogen (secondary N) is 4. The molecule has 3 aromatic rings. The van der Waals surface area contributed by atoms with E-state index in [1.165, 1.54) is 49.9 Å². The third-order valence-electron chi connectivity index (χ3n) is 6.22. The van der Waals surface area contributed by atoms with Crippen LogP contribution < -0.4 is 16.0 Å². The number of likely N-dealkylation sites (tertiary alicyclic amines) is 1. The van der Waals surface area contributed by atoms with Crippen molar-refractivity contribution in [2.75, 3.05) is 36.8 Å². The second kappa shape index (κ2) is 12.8. The van der Waals surface area contributed by atoms with Crippen LogP contribution >= 0.6 is 0 Å². The molecule has 3 amide bonds. The first-order valence-corrected chi connectivity index (χ1v) is 12.5. The Morgan fingerprint density at radius 2 is 1.49 bits per heavy atom. The predicted octanol–water partition coefficient (Wildman–Crippen LogP) is 4.05. The maximum Gasteiger partial charge on any atom is 0.276 e. The largest absolute Gasteiger partial charge is 0.351 e. The van der Waals surface area contributed by atoms with Crippen molar-refractivity contribution in [3.8, 4) is 0 Å². The van der Waals surface area contributed by atoms with Gasteiger partial charge in [0.15, 0.2) is 5.69 Å². The lowest BCUT2D eigenvalue weighted by atomic mass is 10.1. The first-order chi connectivity index (χ1) is 18.0. The lowest BCUT2D eigenvalue weighted by Crippen LogP contribution is -2.31. The quantitative estimate of drug-likeness (QED) is 0.309. The molecule has 1 aliphatic heterocycles. The number of carbonyl (C=O) groups excluding carboxylic acids is 3. The molecule has 194 valence electrons. The molecule has 9 nitrogen and oxygen atoms in total. The van der Waals surface area contributed by atoms with Gasteiger partial charge in [0.2, 0.25) is 0 Å². The van der Waals surface area contributed by atoms with E-state index in [0.29, 0.717) is 23.5 Å². The third-order valence-corrected chi connectivity index (χ3v) is 6.22. The number of aromatic amines is 1. The number of hydrogen-bond donors (Lipinski definition) is 4. The van der Waals surface area contributed by atoms with Crippen LogP contribution in [0.3, 0.4) is 0 Å². The number of hydrogen-bond acceptors (Lipinski definition) is 5. The van der Waals surface area contributed by atoms with E-state index in [4.69, 9.17) is 0 Å². The molecular formula is C27H31FN6O3. The molecule has 0 spiro atoms. The van der Waals surface area contributed by atoms with Gasteiger partial charge in [0, 0.05) is 23.5 Å². The van der Waals surface area contributed by atoms with Crippen LogP contribution in [0.15, 0.2) is 54.9 Å². The number of aromatic nitrogens is 2. The zero-order chi connectivity index (χ0) is 26.0. The smallest absolute Gasteiger partial charge is 0.276 e. The Bertz CT molecular complexity index is 1200. The van der Waals surface area contributed by atoms with Gasteiger partial charge in [0.05, 0.1) is 6.33 Å². The van der Waals surface area contributed by atoms with Gasteiger partial charge >= 0.3 is 0 Å². The second-order valence-corrected chi connectivity index (χ2v) is 8.98. The SMILES string of the molecule is O=C(Nc1ccc(NC(=O)c2nc[nH]c2C(=O)NCCCCN2CCCCC2)cc1)c1ccc(F)cc1. The molecule has 4 N–H and O–H groups in total. The van der Waals surface area contributed by atoms with Gasteiger partial charge in [-0.2, -0.15) is 0 Å². The molecule has 1 saturated heterocycles. The van der Waals surface area contributed by atoms with Crippen LogP contribution in [0.2, 0.25) is 0 Å². The lowest BCUT2D eigenvalue weighted by Gasteiger charge is -2.26. The van der Waals surface area contributed by atoms with Crippen molar-refractivity contribution in [2.24, 2.45) is 0 Å². The van der Waals surface area contributed by atoms with Gasteiger partial charge in [-0.05, 0) is 93.8 Å². The number of carbonyl (C=O) groups is 3. The topological polar surface area (TPSA) is 119 Å². The summed E-state index contributed by atoms with van der Waals surface area (Å²) in [4.78, 5) is 46.9. The number of unbranched alkanes of at least 4 members (excludes halogenated alkanes) is 1. The van der Waals surface area contributed by atoms with E-state index in [1.807, 2.05) is 0 Å². The molecule has 4 rings (SSSR count). The van der Waals surface area contributed by atoms with Gasteiger partial charge in [-0.15, -0.1) is 0 Å². The van der Waals surface area contributed by atoms with Crippen molar-refractivity contribution in [2.45, 2.75) is 32.1 Å². The lowest BCUT2D eigenvalue weighted by molar-refractivity contribution is 0.0934. The van der Waals surface area contributed by atoms with Crippen molar-refractivity contribution in [1.82, 2.24) is 20.2 Å². The number of anilines is 2. The van der Waals surface area contributed by atoms with E-state index in [2.05, 4.69) is 30.8 Å². The van der Waals surface area contributed by atoms with Crippen molar-refractivity contribution in [3.05, 3.63) is 77.6 Å². The first kappa shape index (κ1) is 26.0. The van der Waals surface area contributed by atoms with Crippen molar-refractivity contribution in [3.63, 3.8) is 0 Å². The van der Waals surface area contributed by atoms with Crippen molar-refractivity contribution < 1.29 is 18.8 Å². The Morgan fingerprint density at radius 1 is 0.838 bits per heavy atom. The Kier molecular flexibility index (Phi) is 8.98. The highest BCUT2D eigenvalue weighted by atomic mass is 19.1. The van der Waals surface area contributed by atoms with Gasteiger partial charge < -0.3 is 25.8 Å². The van der Waals surface area contributed by atoms with Crippen LogP contribution in [0.5, 0.6) is 0 Å². The predicted molar refractivity (Wildman–Crippen MR) is 139 cm³/mol. The zero-order valence-corrected chi connectivity index (χ0v) is 20.6. The van der Waals surface area contributed by atoms with Gasteiger partial charge in [0.1, 0.15) is 11.5 Å². The van der Waals surface area contributed by atoms with Gasteiger partial charge in [-0.1, -0.05) is 6.42 Å². The van der Waals surface area contributed by atoms with E-state index in [1.54, 1.807) is 24.3 Å². The summed E-state index contributed by atoms with van der Waals surface area (Å²) >= 11 is 0. The summed E-state index contributed by atoms with van der Waals surface area (Å²) in [7, 11) is 0. The minimum Gasteiger partial charge on any atom is -0.351 e. The molecule has 1 aliphatic rings. The maximum atomic E-state index is 13.0. The van der Waals surface area contributed by atoms with E-state index in [-0.39, 0.29) is 23.2 Å². The minimum atomic E-state index is -0.528. The van der Waals surface area contributed by atoms with Gasteiger partial charge in [-0.3, -0.25) is 14.4 Å². The molecule has 1 fully saturated rings. The first-order valence-electron chi connectivity index (χ1n) is 12.5. The molecule has 1 aromatic heterocycles. The molecule has 2 heterocycles. The van der Waals surface area contributed by atoms with Crippen LogP contribution in [0.1, 0.15) is 63.4 Å². The fourth-order valence-electron chi connectivity index (χ4n) is 4.20. The van der Waals surface area contributed by atoms with Crippen molar-refractivity contribution >= 4 is 29.1 Å². The summed E-state index contributed by atoms with van der Waals surface area (Å²) in [5.74, 6) is -1.70. The number of rotatable bonds is 10. The summed E-state index contributed by atoms with van der Waals surface area (Å²) in [6, 6.07) is 11.7. The molecule has 0 bridgehead atoms. The van der Waals surface area contributed by atoms with E-state index < -0.39 is 11.7 Å². The fourth-order valence-corrected chi connectivity index (χ4v) is 4.20. The minimum absolute atomic E-state index is 0.000458. The summed E-state index contributed by atoms with van der Waals surface area (Å²) in [6.45, 7) is 3.89. The summed E-state index contributed by atoms with van der Waals surface area (Å²) in [5.41, 5.74) is 1.41. The number of piperidine rings is 1. The highest BCUT2D eigenvalue weighted by Gasteiger charge is 2.20. The summed E-state index contributed by atoms with van der Waals surface area (Å²) in [6.07, 6.45) is 7.03. The maximum absolute atomic E-state index is 13.0. The summed E-state index contributed by atoms with van der Waals surface area (Å²) < 4.78 is 13.0. The van der Waals surface area contributed by atoms with Crippen molar-refractivity contribution in [1.29, 1.82) is 0 Å². The molecule has 0 saturated carbocycles. The summed E-state index contributed by atoms with van der Waals surface area (Å²) in [5, 5.41) is 8.27. The average Bonchev–Trinajstić information content (AvgIpc) is 3.41. The molecule has 0 aliphatic carbocycles.